The van der Waals surface area contributed by atoms with Gasteiger partial charge in [0, 0.05) is 36.9 Å². The molecule has 2 aromatic rings. The van der Waals surface area contributed by atoms with Gasteiger partial charge in [0.05, 0.1) is 13.2 Å². The van der Waals surface area contributed by atoms with Crippen LogP contribution in [-0.2, 0) is 17.8 Å². The topological polar surface area (TPSA) is 99.4 Å². The Morgan fingerprint density at radius 2 is 2.11 bits per heavy atom. The third-order valence-electron chi connectivity index (χ3n) is 5.27. The molecule has 2 aliphatic heterocycles. The van der Waals surface area contributed by atoms with Crippen molar-refractivity contribution >= 4 is 5.91 Å². The highest BCUT2D eigenvalue weighted by Gasteiger charge is 2.36. The molecule has 1 fully saturated rings. The smallest absolute Gasteiger partial charge is 0.268 e. The molecule has 4 rings (SSSR count). The van der Waals surface area contributed by atoms with Crippen LogP contribution in [0.25, 0.3) is 0 Å². The predicted octanol–water partition coefficient (Wildman–Crippen LogP) is 0.933. The van der Waals surface area contributed by atoms with E-state index in [0.717, 1.165) is 30.6 Å². The van der Waals surface area contributed by atoms with Gasteiger partial charge in [-0.1, -0.05) is 0 Å². The van der Waals surface area contributed by atoms with E-state index in [1.807, 2.05) is 4.57 Å². The number of carbonyl (C=O) groups is 1. The molecule has 1 amide bonds. The van der Waals surface area contributed by atoms with E-state index in [1.54, 1.807) is 6.20 Å². The molecule has 1 aromatic carbocycles. The molecule has 0 unspecified atom stereocenters. The van der Waals surface area contributed by atoms with Crippen molar-refractivity contribution in [3.05, 3.63) is 53.1 Å². The van der Waals surface area contributed by atoms with Gasteiger partial charge in [-0.05, 0) is 24.6 Å². The fourth-order valence-corrected chi connectivity index (χ4v) is 3.85. The van der Waals surface area contributed by atoms with Crippen LogP contribution in [0.15, 0.2) is 24.4 Å². The van der Waals surface area contributed by atoms with Crippen LogP contribution < -0.4 is 11.5 Å². The summed E-state index contributed by atoms with van der Waals surface area (Å²) in [4.78, 5) is 17.8. The van der Waals surface area contributed by atoms with Gasteiger partial charge < -0.3 is 20.8 Å². The Hall–Kier alpha value is -2.36. The number of benzene rings is 1. The molecule has 4 N–H and O–H groups in total. The molecular formula is C18H21F2N5O2. The highest BCUT2D eigenvalue weighted by molar-refractivity contribution is 5.90. The van der Waals surface area contributed by atoms with Gasteiger partial charge in [0.25, 0.3) is 5.91 Å². The fourth-order valence-electron chi connectivity index (χ4n) is 3.85. The molecule has 1 aromatic heterocycles. The molecular weight excluding hydrogens is 356 g/mol. The maximum Gasteiger partial charge on any atom is 0.268 e. The van der Waals surface area contributed by atoms with E-state index in [-0.39, 0.29) is 17.3 Å². The number of ether oxygens (including phenoxy) is 1. The Morgan fingerprint density at radius 1 is 1.30 bits per heavy atom. The first-order valence-electron chi connectivity index (χ1n) is 8.84. The van der Waals surface area contributed by atoms with Crippen LogP contribution in [0, 0.1) is 11.6 Å². The number of hydrogen-bond acceptors (Lipinski definition) is 5. The Labute approximate surface area is 154 Å². The number of hydrogen-bond donors (Lipinski definition) is 2. The molecule has 0 radical (unpaired) electrons. The number of primary amides is 1. The van der Waals surface area contributed by atoms with Gasteiger partial charge in [-0.15, -0.1) is 0 Å². The predicted molar refractivity (Wildman–Crippen MR) is 92.6 cm³/mol. The van der Waals surface area contributed by atoms with Gasteiger partial charge in [0.2, 0.25) is 0 Å². The molecule has 3 heterocycles. The first-order chi connectivity index (χ1) is 12.9. The summed E-state index contributed by atoms with van der Waals surface area (Å²) >= 11 is 0. The number of aromatic nitrogens is 2. The number of amides is 1. The Balaban J connectivity index is 1.45. The van der Waals surface area contributed by atoms with Crippen molar-refractivity contribution in [3.63, 3.8) is 0 Å². The largest absolute Gasteiger partial charge is 0.370 e. The zero-order chi connectivity index (χ0) is 19.1. The second-order valence-electron chi connectivity index (χ2n) is 7.04. The maximum absolute atomic E-state index is 14.1. The van der Waals surface area contributed by atoms with E-state index >= 15 is 0 Å². The number of nitrogens with zero attached hydrogens (tertiary/aromatic N) is 3. The molecule has 2 aliphatic rings. The average Bonchev–Trinajstić information content (AvgIpc) is 3.07. The van der Waals surface area contributed by atoms with Gasteiger partial charge in [0.1, 0.15) is 29.3 Å². The van der Waals surface area contributed by atoms with Crippen molar-refractivity contribution < 1.29 is 18.3 Å². The van der Waals surface area contributed by atoms with E-state index in [4.69, 9.17) is 16.2 Å². The van der Waals surface area contributed by atoms with Crippen LogP contribution in [0.3, 0.4) is 0 Å². The molecule has 3 atom stereocenters. The number of imidazole rings is 1. The summed E-state index contributed by atoms with van der Waals surface area (Å²) in [5, 5.41) is 0. The minimum Gasteiger partial charge on any atom is -0.370 e. The van der Waals surface area contributed by atoms with Crippen molar-refractivity contribution in [3.8, 4) is 0 Å². The van der Waals surface area contributed by atoms with Gasteiger partial charge in [0.15, 0.2) is 0 Å². The standard InChI is InChI=1S/C18H21F2N5O2/c19-10-1-2-13(20)12(5-10)17-14(21)6-11(9-27-17)24-3-4-25-7-15(18(22)26)23-16(25)8-24/h1-2,5,7,11,14,17H,3-4,6,8-9,21H2,(H2,22,26)/t11-,14+,17-/m1/s1. The molecule has 144 valence electrons. The summed E-state index contributed by atoms with van der Waals surface area (Å²) in [7, 11) is 0. The summed E-state index contributed by atoms with van der Waals surface area (Å²) in [6.07, 6.45) is 1.58. The Bertz CT molecular complexity index is 871. The van der Waals surface area contributed by atoms with Gasteiger partial charge in [-0.2, -0.15) is 0 Å². The Morgan fingerprint density at radius 3 is 2.85 bits per heavy atom. The van der Waals surface area contributed by atoms with E-state index in [0.29, 0.717) is 26.1 Å². The Kier molecular flexibility index (Phi) is 4.67. The average molecular weight is 377 g/mol. The third kappa shape index (κ3) is 3.45. The number of halogens is 2. The molecule has 27 heavy (non-hydrogen) atoms. The molecule has 7 nitrogen and oxygen atoms in total. The summed E-state index contributed by atoms with van der Waals surface area (Å²) in [6, 6.07) is 2.89. The summed E-state index contributed by atoms with van der Waals surface area (Å²) < 4.78 is 35.3. The lowest BCUT2D eigenvalue weighted by molar-refractivity contribution is -0.0574. The summed E-state index contributed by atoms with van der Waals surface area (Å²) in [5.41, 5.74) is 11.9. The number of carbonyl (C=O) groups excluding carboxylic acids is 1. The minimum atomic E-state index is -0.676. The number of rotatable bonds is 3. The first-order valence-corrected chi connectivity index (χ1v) is 8.84. The van der Waals surface area contributed by atoms with Crippen molar-refractivity contribution in [1.82, 2.24) is 14.5 Å². The molecule has 0 saturated carbocycles. The fraction of sp³-hybridized carbons (Fsp3) is 0.444. The summed E-state index contributed by atoms with van der Waals surface area (Å²) in [5.74, 6) is -0.819. The third-order valence-corrected chi connectivity index (χ3v) is 5.27. The zero-order valence-corrected chi connectivity index (χ0v) is 14.6. The molecule has 9 heteroatoms. The van der Waals surface area contributed by atoms with Crippen molar-refractivity contribution in [2.24, 2.45) is 11.5 Å². The lowest BCUT2D eigenvalue weighted by Gasteiger charge is -2.41. The van der Waals surface area contributed by atoms with Crippen LogP contribution in [-0.4, -0.2) is 45.6 Å². The van der Waals surface area contributed by atoms with E-state index in [9.17, 15) is 13.6 Å². The second-order valence-corrected chi connectivity index (χ2v) is 7.04. The van der Waals surface area contributed by atoms with Crippen LogP contribution in [0.4, 0.5) is 8.78 Å². The highest BCUT2D eigenvalue weighted by atomic mass is 19.1. The van der Waals surface area contributed by atoms with Gasteiger partial charge in [-0.3, -0.25) is 9.69 Å². The van der Waals surface area contributed by atoms with Gasteiger partial charge >= 0.3 is 0 Å². The molecule has 0 bridgehead atoms. The lowest BCUT2D eigenvalue weighted by atomic mass is 9.93. The molecule has 0 aliphatic carbocycles. The monoisotopic (exact) mass is 377 g/mol. The lowest BCUT2D eigenvalue weighted by Crippen LogP contribution is -2.51. The molecule has 0 spiro atoms. The first kappa shape index (κ1) is 18.0. The van der Waals surface area contributed by atoms with Crippen molar-refractivity contribution in [2.45, 2.75) is 37.7 Å². The van der Waals surface area contributed by atoms with E-state index in [1.165, 1.54) is 0 Å². The normalized spacial score (nSPS) is 26.0. The van der Waals surface area contributed by atoms with Crippen LogP contribution in [0.1, 0.15) is 34.4 Å². The van der Waals surface area contributed by atoms with Crippen LogP contribution in [0.5, 0.6) is 0 Å². The van der Waals surface area contributed by atoms with E-state index in [2.05, 4.69) is 9.88 Å². The van der Waals surface area contributed by atoms with Gasteiger partial charge in [-0.25, -0.2) is 13.8 Å². The van der Waals surface area contributed by atoms with Crippen molar-refractivity contribution in [2.75, 3.05) is 13.2 Å². The SMILES string of the molecule is NC(=O)c1cn2c(n1)CN([C@H]1CO[C@H](c3cc(F)ccc3F)[C@@H](N)C1)CC2. The highest BCUT2D eigenvalue weighted by Crippen LogP contribution is 2.32. The minimum absolute atomic E-state index is 0.0374. The number of nitrogens with two attached hydrogens (primary N) is 2. The van der Waals surface area contributed by atoms with Crippen molar-refractivity contribution in [1.29, 1.82) is 0 Å². The maximum atomic E-state index is 14.1. The van der Waals surface area contributed by atoms with E-state index < -0.39 is 29.7 Å². The summed E-state index contributed by atoms with van der Waals surface area (Å²) in [6.45, 7) is 2.34. The van der Waals surface area contributed by atoms with Crippen LogP contribution in [0.2, 0.25) is 0 Å². The molecule has 1 saturated heterocycles. The second kappa shape index (κ2) is 6.99. The number of fused-ring (bicyclic) bond motifs is 1. The zero-order valence-electron chi connectivity index (χ0n) is 14.6. The quantitative estimate of drug-likeness (QED) is 0.829. The van der Waals surface area contributed by atoms with Crippen LogP contribution >= 0.6 is 0 Å².